The molecule has 1 atom stereocenters. The summed E-state index contributed by atoms with van der Waals surface area (Å²) in [6, 6.07) is 8.82. The normalized spacial score (nSPS) is 12.6. The van der Waals surface area contributed by atoms with Crippen LogP contribution in [0.2, 0.25) is 0 Å². The molecular weight excluding hydrogens is 328 g/mol. The van der Waals surface area contributed by atoms with E-state index in [4.69, 9.17) is 0 Å². The highest BCUT2D eigenvalue weighted by atomic mass is 79.9. The number of rotatable bonds is 6. The number of halogens is 1. The lowest BCUT2D eigenvalue weighted by atomic mass is 10.2. The number of thiazole rings is 1. The molecule has 0 fully saturated rings. The van der Waals surface area contributed by atoms with Crippen molar-refractivity contribution in [3.05, 3.63) is 45.3 Å². The Kier molecular flexibility index (Phi) is 5.69. The zero-order valence-corrected chi connectivity index (χ0v) is 13.3. The molecule has 1 aromatic carbocycles. The number of hydrogen-bond donors (Lipinski definition) is 1. The molecule has 0 aliphatic heterocycles. The van der Waals surface area contributed by atoms with Gasteiger partial charge in [-0.1, -0.05) is 12.1 Å². The van der Waals surface area contributed by atoms with Crippen LogP contribution in [-0.4, -0.2) is 23.8 Å². The van der Waals surface area contributed by atoms with Crippen LogP contribution in [0, 0.1) is 0 Å². The zero-order chi connectivity index (χ0) is 12.8. The van der Waals surface area contributed by atoms with Gasteiger partial charge in [0, 0.05) is 32.2 Å². The number of nitrogens with zero attached hydrogens (tertiary/aromatic N) is 1. The molecule has 0 bridgehead atoms. The van der Waals surface area contributed by atoms with Gasteiger partial charge in [0.2, 0.25) is 0 Å². The maximum Gasteiger partial charge on any atom is 0.0794 e. The summed E-state index contributed by atoms with van der Waals surface area (Å²) >= 11 is 7.18. The van der Waals surface area contributed by atoms with Crippen LogP contribution in [0.4, 0.5) is 0 Å². The molecule has 5 heteroatoms. The number of benzene rings is 1. The van der Waals surface area contributed by atoms with E-state index in [1.54, 1.807) is 11.3 Å². The van der Waals surface area contributed by atoms with E-state index < -0.39 is 0 Å². The van der Waals surface area contributed by atoms with Crippen molar-refractivity contribution in [1.82, 2.24) is 10.3 Å². The molecule has 1 N–H and O–H groups in total. The maximum absolute atomic E-state index is 4.12. The van der Waals surface area contributed by atoms with Gasteiger partial charge in [0.25, 0.3) is 0 Å². The average molecular weight is 343 g/mol. The van der Waals surface area contributed by atoms with Crippen LogP contribution in [0.3, 0.4) is 0 Å². The van der Waals surface area contributed by atoms with Crippen LogP contribution < -0.4 is 5.32 Å². The van der Waals surface area contributed by atoms with Gasteiger partial charge in [0.05, 0.1) is 5.51 Å². The first-order chi connectivity index (χ1) is 8.79. The van der Waals surface area contributed by atoms with Crippen LogP contribution in [0.25, 0.3) is 0 Å². The highest BCUT2D eigenvalue weighted by Gasteiger charge is 2.10. The number of aromatic nitrogens is 1. The minimum Gasteiger partial charge on any atom is -0.316 e. The van der Waals surface area contributed by atoms with Crippen molar-refractivity contribution >= 4 is 39.0 Å². The molecule has 96 valence electrons. The summed E-state index contributed by atoms with van der Waals surface area (Å²) in [5.74, 6) is 1.05. The summed E-state index contributed by atoms with van der Waals surface area (Å²) in [7, 11) is 2.02. The van der Waals surface area contributed by atoms with Gasteiger partial charge in [-0.05, 0) is 41.5 Å². The lowest BCUT2D eigenvalue weighted by Crippen LogP contribution is -2.29. The van der Waals surface area contributed by atoms with Gasteiger partial charge in [0.15, 0.2) is 0 Å². The molecular formula is C13H15BrN2S2. The van der Waals surface area contributed by atoms with Gasteiger partial charge >= 0.3 is 0 Å². The molecule has 0 radical (unpaired) electrons. The van der Waals surface area contributed by atoms with E-state index in [0.29, 0.717) is 6.04 Å². The van der Waals surface area contributed by atoms with E-state index in [1.807, 2.05) is 36.6 Å². The van der Waals surface area contributed by atoms with Crippen LogP contribution in [0.15, 0.2) is 45.3 Å². The molecule has 0 spiro atoms. The van der Waals surface area contributed by atoms with Crippen molar-refractivity contribution in [3.63, 3.8) is 0 Å². The Balaban J connectivity index is 1.89. The van der Waals surface area contributed by atoms with E-state index in [1.165, 1.54) is 14.2 Å². The fourth-order valence-electron chi connectivity index (χ4n) is 1.58. The monoisotopic (exact) mass is 342 g/mol. The third-order valence-electron chi connectivity index (χ3n) is 2.62. The topological polar surface area (TPSA) is 24.9 Å². The van der Waals surface area contributed by atoms with Crippen molar-refractivity contribution in [1.29, 1.82) is 0 Å². The molecule has 0 saturated heterocycles. The molecule has 0 saturated carbocycles. The smallest absolute Gasteiger partial charge is 0.0794 e. The first kappa shape index (κ1) is 14.1. The summed E-state index contributed by atoms with van der Waals surface area (Å²) in [6.45, 7) is 0. The quantitative estimate of drug-likeness (QED) is 0.807. The molecule has 2 aromatic rings. The second-order valence-electron chi connectivity index (χ2n) is 3.90. The van der Waals surface area contributed by atoms with E-state index in [2.05, 4.69) is 44.4 Å². The molecule has 0 aliphatic rings. The van der Waals surface area contributed by atoms with Crippen LogP contribution >= 0.6 is 39.0 Å². The first-order valence-electron chi connectivity index (χ1n) is 5.71. The second kappa shape index (κ2) is 7.28. The number of likely N-dealkylation sites (N-methyl/N-ethyl adjacent to an activating group) is 1. The fourth-order valence-corrected chi connectivity index (χ4v) is 3.93. The van der Waals surface area contributed by atoms with Gasteiger partial charge in [-0.15, -0.1) is 23.1 Å². The van der Waals surface area contributed by atoms with Crippen LogP contribution in [-0.2, 0) is 6.42 Å². The van der Waals surface area contributed by atoms with Crippen molar-refractivity contribution < 1.29 is 0 Å². The molecule has 1 heterocycles. The Morgan fingerprint density at radius 1 is 1.44 bits per heavy atom. The highest BCUT2D eigenvalue weighted by molar-refractivity contribution is 9.10. The van der Waals surface area contributed by atoms with Crippen molar-refractivity contribution in [2.45, 2.75) is 17.4 Å². The largest absolute Gasteiger partial charge is 0.316 e. The Bertz CT molecular complexity index is 474. The summed E-state index contributed by atoms with van der Waals surface area (Å²) in [5.41, 5.74) is 1.89. The number of nitrogens with one attached hydrogen (secondary N) is 1. The summed E-state index contributed by atoms with van der Waals surface area (Å²) in [5, 5.41) is 3.37. The Morgan fingerprint density at radius 3 is 2.94 bits per heavy atom. The third kappa shape index (κ3) is 4.09. The van der Waals surface area contributed by atoms with Crippen LogP contribution in [0.1, 0.15) is 4.88 Å². The molecule has 0 amide bonds. The third-order valence-corrected chi connectivity index (χ3v) is 5.61. The first-order valence-corrected chi connectivity index (χ1v) is 8.37. The number of hydrogen-bond acceptors (Lipinski definition) is 4. The standard InChI is InChI=1S/C13H15BrN2S2/c1-15-10(6-11-7-16-9-18-11)8-17-13-5-3-2-4-12(13)14/h2-5,7,9-10,15H,6,8H2,1H3. The Morgan fingerprint density at radius 2 is 2.28 bits per heavy atom. The fraction of sp³-hybridized carbons (Fsp3) is 0.308. The number of thioether (sulfide) groups is 1. The van der Waals surface area contributed by atoms with Crippen molar-refractivity contribution in [3.8, 4) is 0 Å². The second-order valence-corrected chi connectivity index (χ2v) is 6.79. The summed E-state index contributed by atoms with van der Waals surface area (Å²) < 4.78 is 1.17. The minimum absolute atomic E-state index is 0.475. The maximum atomic E-state index is 4.12. The van der Waals surface area contributed by atoms with Crippen molar-refractivity contribution in [2.24, 2.45) is 0 Å². The van der Waals surface area contributed by atoms with Crippen molar-refractivity contribution in [2.75, 3.05) is 12.8 Å². The van der Waals surface area contributed by atoms with Gasteiger partial charge in [-0.2, -0.15) is 0 Å². The molecule has 18 heavy (non-hydrogen) atoms. The molecule has 1 aromatic heterocycles. The van der Waals surface area contributed by atoms with Crippen LogP contribution in [0.5, 0.6) is 0 Å². The summed E-state index contributed by atoms with van der Waals surface area (Å²) in [6.07, 6.45) is 3.00. The molecule has 0 aliphatic carbocycles. The lowest BCUT2D eigenvalue weighted by molar-refractivity contribution is 0.621. The molecule has 2 nitrogen and oxygen atoms in total. The molecule has 1 unspecified atom stereocenters. The van der Waals surface area contributed by atoms with E-state index >= 15 is 0 Å². The molecule has 2 rings (SSSR count). The minimum atomic E-state index is 0.475. The Labute approximate surface area is 124 Å². The zero-order valence-electron chi connectivity index (χ0n) is 10.1. The Hall–Kier alpha value is -0.360. The predicted octanol–water partition coefficient (Wildman–Crippen LogP) is 3.83. The highest BCUT2D eigenvalue weighted by Crippen LogP contribution is 2.27. The van der Waals surface area contributed by atoms with Gasteiger partial charge < -0.3 is 5.32 Å². The predicted molar refractivity (Wildman–Crippen MR) is 83.5 cm³/mol. The van der Waals surface area contributed by atoms with E-state index in [0.717, 1.165) is 12.2 Å². The van der Waals surface area contributed by atoms with E-state index in [-0.39, 0.29) is 0 Å². The van der Waals surface area contributed by atoms with Gasteiger partial charge in [-0.25, -0.2) is 0 Å². The van der Waals surface area contributed by atoms with E-state index in [9.17, 15) is 0 Å². The SMILES string of the molecule is CNC(CSc1ccccc1Br)Cc1cncs1. The summed E-state index contributed by atoms with van der Waals surface area (Å²) in [4.78, 5) is 6.75. The van der Waals surface area contributed by atoms with Gasteiger partial charge in [-0.3, -0.25) is 4.98 Å². The average Bonchev–Trinajstić information content (AvgIpc) is 2.89. The van der Waals surface area contributed by atoms with Gasteiger partial charge in [0.1, 0.15) is 0 Å². The lowest BCUT2D eigenvalue weighted by Gasteiger charge is -2.15.